The number of halogens is 1. The Labute approximate surface area is 120 Å². The van der Waals surface area contributed by atoms with E-state index in [-0.39, 0.29) is 11.6 Å². The minimum Gasteiger partial charge on any atom is -0.451 e. The van der Waals surface area contributed by atoms with E-state index >= 15 is 0 Å². The van der Waals surface area contributed by atoms with E-state index in [9.17, 15) is 9.18 Å². The monoisotopic (exact) mass is 284 g/mol. The van der Waals surface area contributed by atoms with Crippen LogP contribution in [0.4, 0.5) is 15.8 Å². The lowest BCUT2D eigenvalue weighted by Crippen LogP contribution is -2.11. The maximum Gasteiger partial charge on any atom is 0.291 e. The molecule has 21 heavy (non-hydrogen) atoms. The number of hydrogen-bond acceptors (Lipinski definition) is 3. The fraction of sp³-hybridized carbons (Fsp3) is 0.0625. The lowest BCUT2D eigenvalue weighted by atomic mass is 10.2. The highest BCUT2D eigenvalue weighted by atomic mass is 19.1. The first kappa shape index (κ1) is 13.2. The first-order chi connectivity index (χ1) is 10.0. The molecule has 0 saturated carbocycles. The van der Waals surface area contributed by atoms with Crippen LogP contribution < -0.4 is 11.1 Å². The number of carbonyl (C=O) groups excluding carboxylic acids is 1. The first-order valence-electron chi connectivity index (χ1n) is 6.39. The Morgan fingerprint density at radius 1 is 1.19 bits per heavy atom. The molecule has 1 aromatic heterocycles. The van der Waals surface area contributed by atoms with Gasteiger partial charge in [0.25, 0.3) is 5.91 Å². The SMILES string of the molecule is Cc1cc(NC(=O)c2cc3cc(N)ccc3o2)ccc1F. The second-order valence-corrected chi connectivity index (χ2v) is 4.83. The maximum absolute atomic E-state index is 13.2. The molecular formula is C16H13FN2O2. The fourth-order valence-corrected chi connectivity index (χ4v) is 2.09. The zero-order valence-corrected chi connectivity index (χ0v) is 11.3. The van der Waals surface area contributed by atoms with Crippen molar-refractivity contribution in [1.29, 1.82) is 0 Å². The Morgan fingerprint density at radius 2 is 2.00 bits per heavy atom. The number of aryl methyl sites for hydroxylation is 1. The zero-order valence-electron chi connectivity index (χ0n) is 11.3. The van der Waals surface area contributed by atoms with Crippen molar-refractivity contribution in [3.05, 3.63) is 59.6 Å². The Balaban J connectivity index is 1.87. The van der Waals surface area contributed by atoms with E-state index in [1.165, 1.54) is 12.1 Å². The molecule has 0 aliphatic rings. The highest BCUT2D eigenvalue weighted by Crippen LogP contribution is 2.23. The summed E-state index contributed by atoms with van der Waals surface area (Å²) in [6.45, 7) is 1.63. The van der Waals surface area contributed by atoms with Gasteiger partial charge in [0.1, 0.15) is 11.4 Å². The van der Waals surface area contributed by atoms with E-state index in [0.29, 0.717) is 22.5 Å². The second kappa shape index (κ2) is 4.94. The molecule has 4 nitrogen and oxygen atoms in total. The van der Waals surface area contributed by atoms with E-state index < -0.39 is 5.91 Å². The normalized spacial score (nSPS) is 10.8. The summed E-state index contributed by atoms with van der Waals surface area (Å²) >= 11 is 0. The molecule has 1 amide bonds. The number of nitrogens with two attached hydrogens (primary N) is 1. The van der Waals surface area contributed by atoms with Gasteiger partial charge in [0.15, 0.2) is 5.76 Å². The molecule has 5 heteroatoms. The van der Waals surface area contributed by atoms with Gasteiger partial charge in [-0.2, -0.15) is 0 Å². The molecule has 3 aromatic rings. The van der Waals surface area contributed by atoms with Crippen molar-refractivity contribution in [3.8, 4) is 0 Å². The van der Waals surface area contributed by atoms with Gasteiger partial charge in [0.05, 0.1) is 0 Å². The lowest BCUT2D eigenvalue weighted by Gasteiger charge is -2.04. The van der Waals surface area contributed by atoms with Crippen LogP contribution in [0.25, 0.3) is 11.0 Å². The van der Waals surface area contributed by atoms with Crippen molar-refractivity contribution in [2.24, 2.45) is 0 Å². The van der Waals surface area contributed by atoms with Crippen LogP contribution in [0.15, 0.2) is 46.9 Å². The number of amides is 1. The topological polar surface area (TPSA) is 68.3 Å². The molecule has 0 unspecified atom stereocenters. The van der Waals surface area contributed by atoms with E-state index in [2.05, 4.69) is 5.32 Å². The van der Waals surface area contributed by atoms with Crippen LogP contribution in [-0.2, 0) is 0 Å². The second-order valence-electron chi connectivity index (χ2n) is 4.83. The quantitative estimate of drug-likeness (QED) is 0.705. The van der Waals surface area contributed by atoms with Crippen LogP contribution in [0.1, 0.15) is 16.1 Å². The van der Waals surface area contributed by atoms with Gasteiger partial charge in [-0.05, 0) is 55.0 Å². The first-order valence-corrected chi connectivity index (χ1v) is 6.39. The van der Waals surface area contributed by atoms with Gasteiger partial charge in [-0.1, -0.05) is 0 Å². The van der Waals surface area contributed by atoms with Crippen molar-refractivity contribution >= 4 is 28.3 Å². The molecular weight excluding hydrogens is 271 g/mol. The summed E-state index contributed by atoms with van der Waals surface area (Å²) in [5, 5.41) is 3.43. The van der Waals surface area contributed by atoms with Crippen molar-refractivity contribution in [1.82, 2.24) is 0 Å². The van der Waals surface area contributed by atoms with Gasteiger partial charge in [0.2, 0.25) is 0 Å². The number of nitrogens with one attached hydrogen (secondary N) is 1. The number of carbonyl (C=O) groups is 1. The zero-order chi connectivity index (χ0) is 15.0. The van der Waals surface area contributed by atoms with Crippen molar-refractivity contribution in [3.63, 3.8) is 0 Å². The summed E-state index contributed by atoms with van der Waals surface area (Å²) in [4.78, 5) is 12.1. The van der Waals surface area contributed by atoms with Gasteiger partial charge in [0, 0.05) is 16.8 Å². The molecule has 1 heterocycles. The molecule has 0 saturated heterocycles. The van der Waals surface area contributed by atoms with Gasteiger partial charge < -0.3 is 15.5 Å². The Bertz CT molecular complexity index is 839. The van der Waals surface area contributed by atoms with Crippen molar-refractivity contribution < 1.29 is 13.6 Å². The number of benzene rings is 2. The standard InChI is InChI=1S/C16H13FN2O2/c1-9-6-12(3-4-13(9)17)19-16(20)15-8-10-7-11(18)2-5-14(10)21-15/h2-8H,18H2,1H3,(H,19,20). The van der Waals surface area contributed by atoms with Crippen LogP contribution in [0.2, 0.25) is 0 Å². The minimum absolute atomic E-state index is 0.178. The number of fused-ring (bicyclic) bond motifs is 1. The van der Waals surface area contributed by atoms with Gasteiger partial charge >= 0.3 is 0 Å². The van der Waals surface area contributed by atoms with Crippen molar-refractivity contribution in [2.75, 3.05) is 11.1 Å². The molecule has 2 aromatic carbocycles. The molecule has 0 atom stereocenters. The third kappa shape index (κ3) is 2.58. The molecule has 3 N–H and O–H groups in total. The van der Waals surface area contributed by atoms with Gasteiger partial charge in [-0.15, -0.1) is 0 Å². The maximum atomic E-state index is 13.2. The fourth-order valence-electron chi connectivity index (χ4n) is 2.09. The molecule has 0 spiro atoms. The summed E-state index contributed by atoms with van der Waals surface area (Å²) in [5.74, 6) is -0.527. The molecule has 3 rings (SSSR count). The van der Waals surface area contributed by atoms with Crippen molar-refractivity contribution in [2.45, 2.75) is 6.92 Å². The number of rotatable bonds is 2. The largest absolute Gasteiger partial charge is 0.451 e. The van der Waals surface area contributed by atoms with Crippen LogP contribution in [-0.4, -0.2) is 5.91 Å². The van der Waals surface area contributed by atoms with E-state index in [0.717, 1.165) is 5.39 Å². The summed E-state index contributed by atoms with van der Waals surface area (Å²) in [6.07, 6.45) is 0. The van der Waals surface area contributed by atoms with Crippen LogP contribution >= 0.6 is 0 Å². The summed E-state index contributed by atoms with van der Waals surface area (Å²) in [6, 6.07) is 11.1. The average molecular weight is 284 g/mol. The van der Waals surface area contributed by atoms with Crippen LogP contribution in [0.3, 0.4) is 0 Å². The number of hydrogen-bond donors (Lipinski definition) is 2. The van der Waals surface area contributed by atoms with E-state index in [4.69, 9.17) is 10.2 Å². The molecule has 0 aliphatic heterocycles. The highest BCUT2D eigenvalue weighted by Gasteiger charge is 2.13. The molecule has 0 aliphatic carbocycles. The van der Waals surface area contributed by atoms with Gasteiger partial charge in [-0.25, -0.2) is 4.39 Å². The molecule has 0 fully saturated rings. The number of anilines is 2. The minimum atomic E-state index is -0.393. The Kier molecular flexibility index (Phi) is 3.10. The summed E-state index contributed by atoms with van der Waals surface area (Å²) in [5.41, 5.74) is 7.85. The average Bonchev–Trinajstić information content (AvgIpc) is 2.86. The third-order valence-corrected chi connectivity index (χ3v) is 3.18. The number of nitrogen functional groups attached to an aromatic ring is 1. The smallest absolute Gasteiger partial charge is 0.291 e. The van der Waals surface area contributed by atoms with Gasteiger partial charge in [-0.3, -0.25) is 4.79 Å². The van der Waals surface area contributed by atoms with E-state index in [1.807, 2.05) is 0 Å². The van der Waals surface area contributed by atoms with Crippen LogP contribution in [0, 0.1) is 12.7 Å². The molecule has 0 radical (unpaired) electrons. The predicted octanol–water partition coefficient (Wildman–Crippen LogP) is 3.71. The predicted molar refractivity (Wildman–Crippen MR) is 79.7 cm³/mol. The Hall–Kier alpha value is -2.82. The number of furan rings is 1. The molecule has 0 bridgehead atoms. The molecule has 106 valence electrons. The third-order valence-electron chi connectivity index (χ3n) is 3.18. The summed E-state index contributed by atoms with van der Waals surface area (Å²) in [7, 11) is 0. The Morgan fingerprint density at radius 3 is 2.76 bits per heavy atom. The van der Waals surface area contributed by atoms with E-state index in [1.54, 1.807) is 37.3 Å². The highest BCUT2D eigenvalue weighted by molar-refractivity contribution is 6.04. The summed E-state index contributed by atoms with van der Waals surface area (Å²) < 4.78 is 18.7. The van der Waals surface area contributed by atoms with Crippen LogP contribution in [0.5, 0.6) is 0 Å². The lowest BCUT2D eigenvalue weighted by molar-refractivity contribution is 0.0998.